The van der Waals surface area contributed by atoms with E-state index >= 15 is 0 Å². The van der Waals surface area contributed by atoms with Crippen molar-refractivity contribution in [2.75, 3.05) is 12.3 Å². The van der Waals surface area contributed by atoms with Crippen LogP contribution in [-0.4, -0.2) is 22.7 Å². The molecule has 1 rings (SSSR count). The Hall–Kier alpha value is -0.760. The molecular weight excluding hydrogens is 279 g/mol. The molecule has 86 valence electrons. The largest absolute Gasteiger partial charge is 0.522 e. The van der Waals surface area contributed by atoms with Gasteiger partial charge in [0.2, 0.25) is 0 Å². The van der Waals surface area contributed by atoms with E-state index in [0.717, 1.165) is 0 Å². The SMILES string of the molecule is Nc1nn(CCCOC(F)(F)F)cc1Br. The highest BCUT2D eigenvalue weighted by Gasteiger charge is 2.28. The zero-order valence-corrected chi connectivity index (χ0v) is 9.18. The number of hydrogen-bond acceptors (Lipinski definition) is 3. The van der Waals surface area contributed by atoms with Gasteiger partial charge in [-0.1, -0.05) is 0 Å². The fraction of sp³-hybridized carbons (Fsp3) is 0.571. The van der Waals surface area contributed by atoms with Crippen molar-refractivity contribution in [3.63, 3.8) is 0 Å². The first-order valence-electron chi connectivity index (χ1n) is 4.07. The smallest absolute Gasteiger partial charge is 0.381 e. The van der Waals surface area contributed by atoms with Crippen molar-refractivity contribution in [3.05, 3.63) is 10.7 Å². The number of halogens is 4. The van der Waals surface area contributed by atoms with Crippen molar-refractivity contribution in [1.29, 1.82) is 0 Å². The second-order valence-electron chi connectivity index (χ2n) is 2.77. The van der Waals surface area contributed by atoms with E-state index in [9.17, 15) is 13.2 Å². The van der Waals surface area contributed by atoms with Crippen LogP contribution in [0.2, 0.25) is 0 Å². The predicted molar refractivity (Wildman–Crippen MR) is 51.0 cm³/mol. The molecule has 0 aliphatic heterocycles. The van der Waals surface area contributed by atoms with Crippen LogP contribution in [0.25, 0.3) is 0 Å². The molecule has 0 aliphatic rings. The van der Waals surface area contributed by atoms with Crippen LogP contribution >= 0.6 is 15.9 Å². The Kier molecular flexibility index (Phi) is 3.97. The first-order valence-corrected chi connectivity index (χ1v) is 4.87. The maximum Gasteiger partial charge on any atom is 0.522 e. The average Bonchev–Trinajstić information content (AvgIpc) is 2.39. The monoisotopic (exact) mass is 287 g/mol. The molecule has 0 bridgehead atoms. The number of aryl methyl sites for hydroxylation is 1. The molecule has 1 heterocycles. The van der Waals surface area contributed by atoms with Crippen LogP contribution in [0.4, 0.5) is 19.0 Å². The molecule has 15 heavy (non-hydrogen) atoms. The maximum absolute atomic E-state index is 11.6. The molecule has 1 aromatic heterocycles. The van der Waals surface area contributed by atoms with Crippen molar-refractivity contribution in [2.45, 2.75) is 19.3 Å². The minimum Gasteiger partial charge on any atom is -0.381 e. The highest BCUT2D eigenvalue weighted by atomic mass is 79.9. The molecule has 1 aromatic rings. The summed E-state index contributed by atoms with van der Waals surface area (Å²) in [5.41, 5.74) is 5.42. The van der Waals surface area contributed by atoms with Gasteiger partial charge in [0.15, 0.2) is 5.82 Å². The van der Waals surface area contributed by atoms with Crippen LogP contribution in [0.1, 0.15) is 6.42 Å². The quantitative estimate of drug-likeness (QED) is 0.864. The third kappa shape index (κ3) is 4.52. The average molecular weight is 288 g/mol. The van der Waals surface area contributed by atoms with Gasteiger partial charge in [0, 0.05) is 12.7 Å². The Balaban J connectivity index is 2.26. The molecule has 0 saturated carbocycles. The summed E-state index contributed by atoms with van der Waals surface area (Å²) in [4.78, 5) is 0. The summed E-state index contributed by atoms with van der Waals surface area (Å²) in [5, 5.41) is 3.85. The lowest BCUT2D eigenvalue weighted by Gasteiger charge is -2.06. The van der Waals surface area contributed by atoms with Gasteiger partial charge >= 0.3 is 6.36 Å². The first-order chi connectivity index (χ1) is 6.88. The number of alkyl halides is 3. The van der Waals surface area contributed by atoms with Crippen LogP contribution in [0.15, 0.2) is 10.7 Å². The summed E-state index contributed by atoms with van der Waals surface area (Å²) in [7, 11) is 0. The van der Waals surface area contributed by atoms with Crippen LogP contribution in [0.3, 0.4) is 0 Å². The van der Waals surface area contributed by atoms with Gasteiger partial charge < -0.3 is 5.73 Å². The zero-order valence-electron chi connectivity index (χ0n) is 7.59. The number of rotatable bonds is 4. The summed E-state index contributed by atoms with van der Waals surface area (Å²) in [6.07, 6.45) is -2.75. The van der Waals surface area contributed by atoms with Gasteiger partial charge in [-0.15, -0.1) is 13.2 Å². The fourth-order valence-electron chi connectivity index (χ4n) is 0.941. The highest BCUT2D eigenvalue weighted by Crippen LogP contribution is 2.18. The molecule has 0 atom stereocenters. The van der Waals surface area contributed by atoms with E-state index in [4.69, 9.17) is 5.73 Å². The normalized spacial score (nSPS) is 12.0. The predicted octanol–water partition coefficient (Wildman–Crippen LogP) is 2.15. The number of hydrogen-bond donors (Lipinski definition) is 1. The van der Waals surface area contributed by atoms with Gasteiger partial charge in [-0.05, 0) is 22.4 Å². The molecule has 0 amide bonds. The molecule has 0 radical (unpaired) electrons. The summed E-state index contributed by atoms with van der Waals surface area (Å²) in [6, 6.07) is 0. The van der Waals surface area contributed by atoms with Crippen molar-refractivity contribution in [3.8, 4) is 0 Å². The van der Waals surface area contributed by atoms with Crippen LogP contribution < -0.4 is 5.73 Å². The van der Waals surface area contributed by atoms with Crippen LogP contribution in [0.5, 0.6) is 0 Å². The Morgan fingerprint density at radius 2 is 2.20 bits per heavy atom. The van der Waals surface area contributed by atoms with Crippen molar-refractivity contribution in [2.24, 2.45) is 0 Å². The molecule has 0 spiro atoms. The van der Waals surface area contributed by atoms with E-state index in [1.165, 1.54) is 4.68 Å². The van der Waals surface area contributed by atoms with E-state index in [0.29, 0.717) is 16.8 Å². The van der Waals surface area contributed by atoms with Gasteiger partial charge in [-0.2, -0.15) is 5.10 Å². The van der Waals surface area contributed by atoms with Gasteiger partial charge in [-0.3, -0.25) is 9.42 Å². The molecule has 0 saturated heterocycles. The van der Waals surface area contributed by atoms with E-state index in [1.807, 2.05) is 0 Å². The second kappa shape index (κ2) is 4.84. The third-order valence-electron chi connectivity index (χ3n) is 1.54. The fourth-order valence-corrected chi connectivity index (χ4v) is 1.26. The minimum absolute atomic E-state index is 0.215. The first kappa shape index (κ1) is 12.3. The lowest BCUT2D eigenvalue weighted by atomic mass is 10.4. The van der Waals surface area contributed by atoms with Gasteiger partial charge in [0.05, 0.1) is 11.1 Å². The number of nitrogen functional groups attached to an aromatic ring is 1. The van der Waals surface area contributed by atoms with E-state index in [-0.39, 0.29) is 13.0 Å². The standard InChI is InChI=1S/C7H9BrF3N3O/c8-5-4-14(13-6(5)12)2-1-3-15-7(9,10)11/h4H,1-3H2,(H2,12,13). The Labute approximate surface area is 92.3 Å². The lowest BCUT2D eigenvalue weighted by molar-refractivity contribution is -0.324. The number of nitrogens with zero attached hydrogens (tertiary/aromatic N) is 2. The summed E-state index contributed by atoms with van der Waals surface area (Å²) in [5.74, 6) is 0.312. The molecular formula is C7H9BrF3N3O. The molecule has 0 unspecified atom stereocenters. The number of nitrogens with two attached hydrogens (primary N) is 1. The molecule has 0 fully saturated rings. The lowest BCUT2D eigenvalue weighted by Crippen LogP contribution is -2.15. The van der Waals surface area contributed by atoms with Crippen LogP contribution in [-0.2, 0) is 11.3 Å². The van der Waals surface area contributed by atoms with Crippen molar-refractivity contribution < 1.29 is 17.9 Å². The van der Waals surface area contributed by atoms with Crippen LogP contribution in [0, 0.1) is 0 Å². The molecule has 8 heteroatoms. The van der Waals surface area contributed by atoms with E-state index < -0.39 is 6.36 Å². The number of aromatic nitrogens is 2. The van der Waals surface area contributed by atoms with E-state index in [2.05, 4.69) is 25.8 Å². The van der Waals surface area contributed by atoms with E-state index in [1.54, 1.807) is 6.20 Å². The topological polar surface area (TPSA) is 53.1 Å². The van der Waals surface area contributed by atoms with Gasteiger partial charge in [-0.25, -0.2) is 0 Å². The Morgan fingerprint density at radius 1 is 1.53 bits per heavy atom. The Morgan fingerprint density at radius 3 is 2.67 bits per heavy atom. The molecule has 0 aromatic carbocycles. The minimum atomic E-state index is -4.57. The zero-order chi connectivity index (χ0) is 11.5. The number of anilines is 1. The summed E-state index contributed by atoms with van der Waals surface area (Å²) < 4.78 is 40.4. The summed E-state index contributed by atoms with van der Waals surface area (Å²) in [6.45, 7) is -0.0627. The van der Waals surface area contributed by atoms with Gasteiger partial charge in [0.1, 0.15) is 0 Å². The maximum atomic E-state index is 11.6. The van der Waals surface area contributed by atoms with Crippen molar-refractivity contribution in [1.82, 2.24) is 9.78 Å². The number of ether oxygens (including phenoxy) is 1. The summed E-state index contributed by atoms with van der Waals surface area (Å²) >= 11 is 3.14. The molecule has 4 nitrogen and oxygen atoms in total. The van der Waals surface area contributed by atoms with Gasteiger partial charge in [0.25, 0.3) is 0 Å². The van der Waals surface area contributed by atoms with Crippen molar-refractivity contribution >= 4 is 21.7 Å². The highest BCUT2D eigenvalue weighted by molar-refractivity contribution is 9.10. The second-order valence-corrected chi connectivity index (χ2v) is 3.63. The molecule has 2 N–H and O–H groups in total. The Bertz CT molecular complexity index is 306. The molecule has 0 aliphatic carbocycles. The third-order valence-corrected chi connectivity index (χ3v) is 2.15.